The zero-order valence-corrected chi connectivity index (χ0v) is 16.9. The number of carbonyl (C=O) groups is 3. The molecule has 1 aromatic heterocycles. The van der Waals surface area contributed by atoms with Gasteiger partial charge in [-0.25, -0.2) is 0 Å². The first-order valence-corrected chi connectivity index (χ1v) is 9.94. The minimum atomic E-state index is -0.290. The van der Waals surface area contributed by atoms with Crippen molar-refractivity contribution in [3.63, 3.8) is 0 Å². The summed E-state index contributed by atoms with van der Waals surface area (Å²) in [5, 5.41) is 5.52. The molecule has 2 heterocycles. The number of carbonyl (C=O) groups excluding carboxylic acids is 3. The minimum Gasteiger partial charge on any atom is -0.467 e. The van der Waals surface area contributed by atoms with Gasteiger partial charge in [0.05, 0.1) is 19.4 Å². The highest BCUT2D eigenvalue weighted by Crippen LogP contribution is 2.18. The highest BCUT2D eigenvalue weighted by Gasteiger charge is 2.27. The maximum atomic E-state index is 12.3. The molecule has 1 fully saturated rings. The van der Waals surface area contributed by atoms with Crippen molar-refractivity contribution in [3.05, 3.63) is 58.5 Å². The van der Waals surface area contributed by atoms with Crippen LogP contribution in [-0.2, 0) is 16.1 Å². The lowest BCUT2D eigenvalue weighted by molar-refractivity contribution is -0.134. The van der Waals surface area contributed by atoms with Crippen LogP contribution in [0.15, 0.2) is 51.6 Å². The van der Waals surface area contributed by atoms with Gasteiger partial charge in [0.1, 0.15) is 5.76 Å². The highest BCUT2D eigenvalue weighted by atomic mass is 79.9. The van der Waals surface area contributed by atoms with Gasteiger partial charge >= 0.3 is 0 Å². The van der Waals surface area contributed by atoms with Crippen molar-refractivity contribution in [1.82, 2.24) is 15.5 Å². The largest absolute Gasteiger partial charge is 0.467 e. The Hall–Kier alpha value is -2.61. The average Bonchev–Trinajstić information content (AvgIpc) is 3.23. The average molecular weight is 448 g/mol. The first-order valence-electron chi connectivity index (χ1n) is 9.14. The van der Waals surface area contributed by atoms with Gasteiger partial charge in [-0.3, -0.25) is 14.4 Å². The first-order chi connectivity index (χ1) is 13.5. The molecule has 0 radical (unpaired) electrons. The fraction of sp³-hybridized carbons (Fsp3) is 0.350. The van der Waals surface area contributed by atoms with E-state index in [1.807, 2.05) is 12.1 Å². The Balaban J connectivity index is 1.39. The van der Waals surface area contributed by atoms with E-state index in [4.69, 9.17) is 4.42 Å². The molecule has 1 aromatic carbocycles. The van der Waals surface area contributed by atoms with Crippen molar-refractivity contribution in [2.24, 2.45) is 5.92 Å². The third kappa shape index (κ3) is 5.45. The van der Waals surface area contributed by atoms with E-state index in [-0.39, 0.29) is 30.2 Å². The molecule has 0 aliphatic carbocycles. The number of hydrogen-bond donors (Lipinski definition) is 2. The van der Waals surface area contributed by atoms with Crippen LogP contribution in [0.25, 0.3) is 0 Å². The maximum Gasteiger partial charge on any atom is 0.251 e. The topological polar surface area (TPSA) is 91.7 Å². The molecule has 148 valence electrons. The zero-order chi connectivity index (χ0) is 19.9. The van der Waals surface area contributed by atoms with Gasteiger partial charge in [-0.05, 0) is 43.2 Å². The Morgan fingerprint density at radius 2 is 1.89 bits per heavy atom. The number of hydrogen-bond acceptors (Lipinski definition) is 4. The smallest absolute Gasteiger partial charge is 0.251 e. The number of amides is 3. The minimum absolute atomic E-state index is 0.0218. The number of nitrogens with one attached hydrogen (secondary N) is 2. The van der Waals surface area contributed by atoms with E-state index >= 15 is 0 Å². The lowest BCUT2D eigenvalue weighted by Gasteiger charge is -2.31. The highest BCUT2D eigenvalue weighted by molar-refractivity contribution is 9.10. The summed E-state index contributed by atoms with van der Waals surface area (Å²) in [5.74, 6) is 0.142. The summed E-state index contributed by atoms with van der Waals surface area (Å²) in [5.41, 5.74) is 0.495. The summed E-state index contributed by atoms with van der Waals surface area (Å²) in [6, 6.07) is 10.6. The molecule has 0 unspecified atom stereocenters. The summed E-state index contributed by atoms with van der Waals surface area (Å²) in [6.07, 6.45) is 2.78. The first kappa shape index (κ1) is 20.1. The summed E-state index contributed by atoms with van der Waals surface area (Å²) >= 11 is 3.32. The Kier molecular flexibility index (Phi) is 6.86. The van der Waals surface area contributed by atoms with Gasteiger partial charge in [-0.15, -0.1) is 0 Å². The van der Waals surface area contributed by atoms with Crippen LogP contribution in [0.4, 0.5) is 0 Å². The van der Waals surface area contributed by atoms with Crippen molar-refractivity contribution >= 4 is 33.7 Å². The normalized spacial score (nSPS) is 14.5. The Labute approximate surface area is 171 Å². The van der Waals surface area contributed by atoms with Crippen molar-refractivity contribution in [1.29, 1.82) is 0 Å². The van der Waals surface area contributed by atoms with E-state index < -0.39 is 0 Å². The molecule has 7 nitrogen and oxygen atoms in total. The van der Waals surface area contributed by atoms with Gasteiger partial charge in [-0.1, -0.05) is 22.0 Å². The second kappa shape index (κ2) is 9.54. The van der Waals surface area contributed by atoms with Crippen LogP contribution in [0.1, 0.15) is 29.0 Å². The number of likely N-dealkylation sites (tertiary alicyclic amines) is 1. The van der Waals surface area contributed by atoms with Crippen molar-refractivity contribution in [3.8, 4) is 0 Å². The van der Waals surface area contributed by atoms with E-state index in [0.717, 1.165) is 4.47 Å². The quantitative estimate of drug-likeness (QED) is 0.710. The third-order valence-corrected chi connectivity index (χ3v) is 5.22. The fourth-order valence-electron chi connectivity index (χ4n) is 3.12. The molecule has 2 N–H and O–H groups in total. The lowest BCUT2D eigenvalue weighted by atomic mass is 9.96. The van der Waals surface area contributed by atoms with Gasteiger partial charge in [0, 0.05) is 29.0 Å². The molecule has 3 amide bonds. The van der Waals surface area contributed by atoms with Crippen molar-refractivity contribution in [2.75, 3.05) is 19.6 Å². The molecule has 0 spiro atoms. The van der Waals surface area contributed by atoms with Gasteiger partial charge in [-0.2, -0.15) is 0 Å². The van der Waals surface area contributed by atoms with Crippen molar-refractivity contribution < 1.29 is 18.8 Å². The number of furan rings is 1. The Bertz CT molecular complexity index is 830. The van der Waals surface area contributed by atoms with Crippen LogP contribution in [0, 0.1) is 5.92 Å². The second-order valence-corrected chi connectivity index (χ2v) is 7.56. The fourth-order valence-corrected chi connectivity index (χ4v) is 3.52. The molecule has 1 aliphatic rings. The predicted octanol–water partition coefficient (Wildman–Crippen LogP) is 2.33. The second-order valence-electron chi connectivity index (χ2n) is 6.65. The van der Waals surface area contributed by atoms with Crippen LogP contribution in [0.2, 0.25) is 0 Å². The summed E-state index contributed by atoms with van der Waals surface area (Å²) in [6.45, 7) is 1.32. The van der Waals surface area contributed by atoms with Crippen LogP contribution in [0.5, 0.6) is 0 Å². The molecule has 0 saturated carbocycles. The number of rotatable bonds is 6. The molecule has 0 atom stereocenters. The van der Waals surface area contributed by atoms with Crippen LogP contribution >= 0.6 is 15.9 Å². The van der Waals surface area contributed by atoms with Gasteiger partial charge < -0.3 is 20.0 Å². The molecular formula is C20H22BrN3O4. The van der Waals surface area contributed by atoms with E-state index in [2.05, 4.69) is 26.6 Å². The van der Waals surface area contributed by atoms with Gasteiger partial charge in [0.15, 0.2) is 0 Å². The number of nitrogens with zero attached hydrogens (tertiary/aromatic N) is 1. The van der Waals surface area contributed by atoms with E-state index in [0.29, 0.717) is 43.8 Å². The Morgan fingerprint density at radius 1 is 1.11 bits per heavy atom. The molecule has 1 saturated heterocycles. The summed E-state index contributed by atoms with van der Waals surface area (Å²) < 4.78 is 6.00. The third-order valence-electron chi connectivity index (χ3n) is 4.72. The molecule has 28 heavy (non-hydrogen) atoms. The molecular weight excluding hydrogens is 426 g/mol. The van der Waals surface area contributed by atoms with Crippen molar-refractivity contribution in [2.45, 2.75) is 19.4 Å². The van der Waals surface area contributed by atoms with E-state index in [1.54, 1.807) is 35.4 Å². The zero-order valence-electron chi connectivity index (χ0n) is 15.3. The number of benzene rings is 1. The predicted molar refractivity (Wildman–Crippen MR) is 106 cm³/mol. The maximum absolute atomic E-state index is 12.3. The number of piperidine rings is 1. The number of halogens is 1. The standard InChI is InChI=1S/C20H22BrN3O4/c21-16-4-1-3-15(11-16)20(27)23-13-18(25)24-8-6-14(7-9-24)19(26)22-12-17-5-2-10-28-17/h1-5,10-11,14H,6-9,12-13H2,(H,22,26)(H,23,27). The lowest BCUT2D eigenvalue weighted by Crippen LogP contribution is -2.46. The SMILES string of the molecule is O=C(NCC(=O)N1CCC(C(=O)NCc2ccco2)CC1)c1cccc(Br)c1. The molecule has 1 aliphatic heterocycles. The van der Waals surface area contributed by atoms with Gasteiger partial charge in [0.25, 0.3) is 5.91 Å². The van der Waals surface area contributed by atoms with Crippen LogP contribution in [-0.4, -0.2) is 42.3 Å². The Morgan fingerprint density at radius 3 is 2.57 bits per heavy atom. The summed E-state index contributed by atoms with van der Waals surface area (Å²) in [4.78, 5) is 38.4. The molecule has 0 bridgehead atoms. The molecule has 8 heteroatoms. The van der Waals surface area contributed by atoms with Gasteiger partial charge in [0.2, 0.25) is 11.8 Å². The van der Waals surface area contributed by atoms with Crippen LogP contribution in [0.3, 0.4) is 0 Å². The van der Waals surface area contributed by atoms with Crippen LogP contribution < -0.4 is 10.6 Å². The summed E-state index contributed by atoms with van der Waals surface area (Å²) in [7, 11) is 0. The van der Waals surface area contributed by atoms with E-state index in [1.165, 1.54) is 0 Å². The molecule has 2 aromatic rings. The molecule has 3 rings (SSSR count). The monoisotopic (exact) mass is 447 g/mol. The van der Waals surface area contributed by atoms with E-state index in [9.17, 15) is 14.4 Å².